The fourth-order valence-electron chi connectivity index (χ4n) is 3.22. The lowest BCUT2D eigenvalue weighted by molar-refractivity contribution is -0.126. The fraction of sp³-hybridized carbons (Fsp3) is 0.529. The maximum atomic E-state index is 12.4. The van der Waals surface area contributed by atoms with E-state index in [0.717, 1.165) is 50.4 Å². The molecule has 0 bridgehead atoms. The molecule has 0 radical (unpaired) electrons. The second-order valence-corrected chi connectivity index (χ2v) is 6.13. The zero-order valence-electron chi connectivity index (χ0n) is 13.7. The Bertz CT molecular complexity index is 575. The van der Waals surface area contributed by atoms with Crippen LogP contribution in [-0.2, 0) is 9.59 Å². The van der Waals surface area contributed by atoms with Crippen LogP contribution in [0.1, 0.15) is 24.3 Å². The van der Waals surface area contributed by atoms with E-state index >= 15 is 0 Å². The van der Waals surface area contributed by atoms with Gasteiger partial charge in [0, 0.05) is 44.8 Å². The van der Waals surface area contributed by atoms with Gasteiger partial charge in [-0.15, -0.1) is 12.4 Å². The molecule has 1 atom stereocenters. The Kier molecular flexibility index (Phi) is 7.02. The first-order valence-electron chi connectivity index (χ1n) is 8.33. The second-order valence-electron chi connectivity index (χ2n) is 6.13. The van der Waals surface area contributed by atoms with Gasteiger partial charge >= 0.3 is 0 Å². The van der Waals surface area contributed by atoms with Crippen LogP contribution in [0.3, 0.4) is 0 Å². The molecule has 0 spiro atoms. The minimum absolute atomic E-state index is 0. The molecule has 3 N–H and O–H groups in total. The summed E-state index contributed by atoms with van der Waals surface area (Å²) < 4.78 is 0. The predicted octanol–water partition coefficient (Wildman–Crippen LogP) is 0.946. The smallest absolute Gasteiger partial charge is 0.228 e. The van der Waals surface area contributed by atoms with E-state index in [4.69, 9.17) is 0 Å². The van der Waals surface area contributed by atoms with Crippen molar-refractivity contribution in [2.45, 2.75) is 18.8 Å². The average molecular weight is 353 g/mol. The Morgan fingerprint density at radius 2 is 2.00 bits per heavy atom. The van der Waals surface area contributed by atoms with E-state index in [1.54, 1.807) is 0 Å². The summed E-state index contributed by atoms with van der Waals surface area (Å²) in [6, 6.07) is 7.53. The summed E-state index contributed by atoms with van der Waals surface area (Å²) in [5, 5.41) is 9.15. The molecule has 0 aromatic heterocycles. The largest absolute Gasteiger partial charge is 0.356 e. The van der Waals surface area contributed by atoms with E-state index in [1.807, 2.05) is 24.3 Å². The van der Waals surface area contributed by atoms with Crippen LogP contribution in [0.5, 0.6) is 0 Å². The van der Waals surface area contributed by atoms with Gasteiger partial charge in [-0.2, -0.15) is 0 Å². The molecule has 2 aliphatic rings. The van der Waals surface area contributed by atoms with Gasteiger partial charge in [-0.25, -0.2) is 0 Å². The van der Waals surface area contributed by atoms with E-state index in [1.165, 1.54) is 0 Å². The number of anilines is 1. The van der Waals surface area contributed by atoms with Crippen molar-refractivity contribution in [3.8, 4) is 0 Å². The normalized spacial score (nSPS) is 20.5. The van der Waals surface area contributed by atoms with Crippen molar-refractivity contribution >= 4 is 29.9 Å². The SMILES string of the molecule is Cl.O=C1CC(C(=O)NCCCN2CCNCC2)c2ccccc2N1. The third kappa shape index (κ3) is 4.69. The molecule has 1 unspecified atom stereocenters. The third-order valence-corrected chi connectivity index (χ3v) is 4.48. The highest BCUT2D eigenvalue weighted by Gasteiger charge is 2.30. The number of halogens is 1. The van der Waals surface area contributed by atoms with Gasteiger partial charge in [-0.05, 0) is 24.6 Å². The van der Waals surface area contributed by atoms with Crippen molar-refractivity contribution in [3.63, 3.8) is 0 Å². The second kappa shape index (κ2) is 9.01. The quantitative estimate of drug-likeness (QED) is 0.690. The number of benzene rings is 1. The van der Waals surface area contributed by atoms with Crippen LogP contribution in [-0.4, -0.2) is 56.0 Å². The maximum Gasteiger partial charge on any atom is 0.228 e. The number of carbonyl (C=O) groups excluding carboxylic acids is 2. The number of hydrogen-bond donors (Lipinski definition) is 3. The molecule has 2 amide bonds. The molecule has 0 aliphatic carbocycles. The van der Waals surface area contributed by atoms with Gasteiger partial charge < -0.3 is 20.9 Å². The van der Waals surface area contributed by atoms with Crippen LogP contribution in [0.2, 0.25) is 0 Å². The van der Waals surface area contributed by atoms with Crippen molar-refractivity contribution in [1.29, 1.82) is 0 Å². The molecular weight excluding hydrogens is 328 g/mol. The molecule has 6 nitrogen and oxygen atoms in total. The van der Waals surface area contributed by atoms with Crippen LogP contribution in [0, 0.1) is 0 Å². The number of piperazine rings is 1. The number of para-hydroxylation sites is 1. The fourth-order valence-corrected chi connectivity index (χ4v) is 3.22. The summed E-state index contributed by atoms with van der Waals surface area (Å²) in [7, 11) is 0. The van der Waals surface area contributed by atoms with Gasteiger partial charge in [0.05, 0.1) is 5.92 Å². The number of nitrogens with one attached hydrogen (secondary N) is 3. The topological polar surface area (TPSA) is 73.5 Å². The Morgan fingerprint density at radius 1 is 1.25 bits per heavy atom. The van der Waals surface area contributed by atoms with E-state index in [-0.39, 0.29) is 36.6 Å². The number of amides is 2. The van der Waals surface area contributed by atoms with Crippen molar-refractivity contribution < 1.29 is 9.59 Å². The van der Waals surface area contributed by atoms with E-state index in [9.17, 15) is 9.59 Å². The van der Waals surface area contributed by atoms with Crippen LogP contribution >= 0.6 is 12.4 Å². The maximum absolute atomic E-state index is 12.4. The molecule has 2 heterocycles. The summed E-state index contributed by atoms with van der Waals surface area (Å²) in [4.78, 5) is 26.6. The molecule has 2 aliphatic heterocycles. The first-order valence-corrected chi connectivity index (χ1v) is 8.33. The summed E-state index contributed by atoms with van der Waals surface area (Å²) in [6.07, 6.45) is 1.16. The van der Waals surface area contributed by atoms with Crippen LogP contribution in [0.15, 0.2) is 24.3 Å². The van der Waals surface area contributed by atoms with Crippen LogP contribution in [0.4, 0.5) is 5.69 Å². The van der Waals surface area contributed by atoms with Gasteiger partial charge in [0.2, 0.25) is 11.8 Å². The molecule has 24 heavy (non-hydrogen) atoms. The lowest BCUT2D eigenvalue weighted by Gasteiger charge is -2.27. The van der Waals surface area contributed by atoms with Gasteiger partial charge in [-0.3, -0.25) is 9.59 Å². The highest BCUT2D eigenvalue weighted by atomic mass is 35.5. The summed E-state index contributed by atoms with van der Waals surface area (Å²) >= 11 is 0. The predicted molar refractivity (Wildman–Crippen MR) is 96.6 cm³/mol. The summed E-state index contributed by atoms with van der Waals surface area (Å²) in [5.74, 6) is -0.517. The van der Waals surface area contributed by atoms with Gasteiger partial charge in [0.1, 0.15) is 0 Å². The Labute approximate surface area is 148 Å². The molecule has 1 fully saturated rings. The van der Waals surface area contributed by atoms with Crippen molar-refractivity contribution in [3.05, 3.63) is 29.8 Å². The van der Waals surface area contributed by atoms with Crippen molar-refractivity contribution in [2.24, 2.45) is 0 Å². The van der Waals surface area contributed by atoms with Gasteiger partial charge in [-0.1, -0.05) is 18.2 Å². The lowest BCUT2D eigenvalue weighted by atomic mass is 9.90. The minimum atomic E-state index is -0.376. The Balaban J connectivity index is 0.00000208. The number of carbonyl (C=O) groups is 2. The molecule has 1 aromatic carbocycles. The minimum Gasteiger partial charge on any atom is -0.356 e. The van der Waals surface area contributed by atoms with Crippen molar-refractivity contribution in [2.75, 3.05) is 44.6 Å². The molecule has 3 rings (SSSR count). The highest BCUT2D eigenvalue weighted by molar-refractivity contribution is 6.01. The molecule has 132 valence electrons. The summed E-state index contributed by atoms with van der Waals surface area (Å²) in [6.45, 7) is 5.89. The van der Waals surface area contributed by atoms with Gasteiger partial charge in [0.15, 0.2) is 0 Å². The van der Waals surface area contributed by atoms with Crippen LogP contribution in [0.25, 0.3) is 0 Å². The Hall–Kier alpha value is -1.63. The van der Waals surface area contributed by atoms with E-state index in [2.05, 4.69) is 20.9 Å². The monoisotopic (exact) mass is 352 g/mol. The van der Waals surface area contributed by atoms with Gasteiger partial charge in [0.25, 0.3) is 0 Å². The number of rotatable bonds is 5. The molecule has 0 saturated carbocycles. The molecule has 1 aromatic rings. The standard InChI is InChI=1S/C17H24N4O2.ClH/c22-16-12-14(13-4-1-2-5-15(13)20-16)17(23)19-6-3-9-21-10-7-18-8-11-21;/h1-2,4-5,14,18H,3,6-12H2,(H,19,23)(H,20,22);1H. The Morgan fingerprint density at radius 3 is 2.79 bits per heavy atom. The average Bonchev–Trinajstić information content (AvgIpc) is 2.58. The van der Waals surface area contributed by atoms with E-state index in [0.29, 0.717) is 6.54 Å². The zero-order chi connectivity index (χ0) is 16.1. The first-order chi connectivity index (χ1) is 11.2. The van der Waals surface area contributed by atoms with Crippen LogP contribution < -0.4 is 16.0 Å². The number of nitrogens with zero attached hydrogens (tertiary/aromatic N) is 1. The molecular formula is C17H25ClN4O2. The number of hydrogen-bond acceptors (Lipinski definition) is 4. The highest BCUT2D eigenvalue weighted by Crippen LogP contribution is 2.31. The molecule has 1 saturated heterocycles. The third-order valence-electron chi connectivity index (χ3n) is 4.48. The van der Waals surface area contributed by atoms with Crippen molar-refractivity contribution in [1.82, 2.24) is 15.5 Å². The summed E-state index contributed by atoms with van der Waals surface area (Å²) in [5.41, 5.74) is 1.66. The van der Waals surface area contributed by atoms with E-state index < -0.39 is 0 Å². The molecule has 7 heteroatoms. The lowest BCUT2D eigenvalue weighted by Crippen LogP contribution is -2.44. The zero-order valence-corrected chi connectivity index (χ0v) is 14.5. The first kappa shape index (κ1) is 18.7. The number of fused-ring (bicyclic) bond motifs is 1.